The zero-order chi connectivity index (χ0) is 12.8. The van der Waals surface area contributed by atoms with Crippen LogP contribution in [0.15, 0.2) is 24.3 Å². The fourth-order valence-electron chi connectivity index (χ4n) is 1.24. The monoisotopic (exact) mass is 237 g/mol. The van der Waals surface area contributed by atoms with Gasteiger partial charge in [0.25, 0.3) is 5.91 Å². The van der Waals surface area contributed by atoms with Crippen LogP contribution in [0.1, 0.15) is 5.56 Å². The molecular weight excluding hydrogens is 222 g/mol. The zero-order valence-corrected chi connectivity index (χ0v) is 10.0. The molecule has 0 saturated heterocycles. The minimum atomic E-state index is -0.519. The first kappa shape index (κ1) is 13.1. The number of likely N-dealkylation sites (N-methyl/N-ethyl adjacent to an activating group) is 1. The molecule has 92 valence electrons. The van der Waals surface area contributed by atoms with Gasteiger partial charge in [-0.05, 0) is 24.3 Å². The van der Waals surface area contributed by atoms with Gasteiger partial charge in [-0.15, -0.1) is 0 Å². The number of carbonyl (C=O) groups excluding carboxylic acids is 1. The first-order chi connectivity index (χ1) is 8.08. The van der Waals surface area contributed by atoms with Crippen LogP contribution in [0.5, 0.6) is 11.5 Å². The average molecular weight is 237 g/mol. The Kier molecular flexibility index (Phi) is 4.54. The molecule has 1 amide bonds. The summed E-state index contributed by atoms with van der Waals surface area (Å²) in [5.74, 6) is 0.764. The summed E-state index contributed by atoms with van der Waals surface area (Å²) in [7, 11) is 4.36. The summed E-state index contributed by atoms with van der Waals surface area (Å²) in [5, 5.41) is 9.41. The number of benzene rings is 1. The van der Waals surface area contributed by atoms with Crippen molar-refractivity contribution in [3.8, 4) is 11.5 Å². The molecule has 0 aromatic heterocycles. The Bertz CT molecular complexity index is 427. The number of rotatable bonds is 4. The lowest BCUT2D eigenvalue weighted by molar-refractivity contribution is -0.153. The predicted molar refractivity (Wildman–Crippen MR) is 63.1 cm³/mol. The van der Waals surface area contributed by atoms with E-state index in [4.69, 9.17) is 14.7 Å². The lowest BCUT2D eigenvalue weighted by Crippen LogP contribution is -2.19. The third-order valence-corrected chi connectivity index (χ3v) is 2.16. The van der Waals surface area contributed by atoms with Gasteiger partial charge in [0.15, 0.2) is 0 Å². The normalized spacial score (nSPS) is 10.4. The van der Waals surface area contributed by atoms with Crippen molar-refractivity contribution in [1.29, 1.82) is 0 Å². The Hall–Kier alpha value is -2.01. The zero-order valence-electron chi connectivity index (χ0n) is 10.0. The van der Waals surface area contributed by atoms with Gasteiger partial charge in [0.05, 0.1) is 14.2 Å². The molecule has 5 nitrogen and oxygen atoms in total. The number of hydrogen-bond donors (Lipinski definition) is 1. The molecule has 0 atom stereocenters. The summed E-state index contributed by atoms with van der Waals surface area (Å²) in [5.41, 5.74) is 0.696. The van der Waals surface area contributed by atoms with E-state index in [1.54, 1.807) is 38.5 Å². The molecule has 0 radical (unpaired) electrons. The maximum absolute atomic E-state index is 11.2. The minimum absolute atomic E-state index is 0.503. The molecule has 0 fully saturated rings. The van der Waals surface area contributed by atoms with Crippen molar-refractivity contribution < 1.29 is 19.5 Å². The predicted octanol–water partition coefficient (Wildman–Crippen LogP) is 1.56. The fourth-order valence-corrected chi connectivity index (χ4v) is 1.24. The Labute approximate surface area is 99.8 Å². The fraction of sp³-hybridized carbons (Fsp3) is 0.250. The van der Waals surface area contributed by atoms with Crippen molar-refractivity contribution in [1.82, 2.24) is 5.06 Å². The second-order valence-corrected chi connectivity index (χ2v) is 3.30. The summed E-state index contributed by atoms with van der Waals surface area (Å²) in [4.78, 5) is 11.2. The van der Waals surface area contributed by atoms with E-state index in [-0.39, 0.29) is 0 Å². The molecule has 0 bridgehead atoms. The number of amides is 1. The van der Waals surface area contributed by atoms with Gasteiger partial charge in [-0.1, -0.05) is 0 Å². The van der Waals surface area contributed by atoms with Gasteiger partial charge in [-0.25, -0.2) is 5.06 Å². The highest BCUT2D eigenvalue weighted by Crippen LogP contribution is 2.24. The molecule has 1 aromatic rings. The van der Waals surface area contributed by atoms with Crippen LogP contribution in [0.4, 0.5) is 0 Å². The molecule has 0 aliphatic carbocycles. The van der Waals surface area contributed by atoms with Crippen molar-refractivity contribution >= 4 is 12.0 Å². The molecule has 0 heterocycles. The topological polar surface area (TPSA) is 59.0 Å². The van der Waals surface area contributed by atoms with Crippen molar-refractivity contribution in [2.24, 2.45) is 0 Å². The number of ether oxygens (including phenoxy) is 2. The van der Waals surface area contributed by atoms with Crippen LogP contribution in [0, 0.1) is 0 Å². The van der Waals surface area contributed by atoms with Gasteiger partial charge in [0.1, 0.15) is 11.5 Å². The Balaban J connectivity index is 2.99. The van der Waals surface area contributed by atoms with Crippen LogP contribution in [-0.2, 0) is 4.79 Å². The quantitative estimate of drug-likeness (QED) is 0.490. The summed E-state index contributed by atoms with van der Waals surface area (Å²) in [6.07, 6.45) is 2.80. The van der Waals surface area contributed by atoms with E-state index in [0.29, 0.717) is 22.1 Å². The smallest absolute Gasteiger partial charge is 0.269 e. The largest absolute Gasteiger partial charge is 0.497 e. The van der Waals surface area contributed by atoms with Crippen molar-refractivity contribution in [3.05, 3.63) is 29.8 Å². The van der Waals surface area contributed by atoms with Crippen LogP contribution in [0.25, 0.3) is 6.08 Å². The van der Waals surface area contributed by atoms with Crippen LogP contribution in [-0.4, -0.2) is 37.4 Å². The van der Waals surface area contributed by atoms with E-state index in [1.807, 2.05) is 0 Å². The second-order valence-electron chi connectivity index (χ2n) is 3.30. The van der Waals surface area contributed by atoms with Crippen LogP contribution >= 0.6 is 0 Å². The molecule has 0 aliphatic rings. The summed E-state index contributed by atoms with van der Waals surface area (Å²) in [6, 6.07) is 5.24. The molecule has 0 spiro atoms. The van der Waals surface area contributed by atoms with Gasteiger partial charge in [0, 0.05) is 18.7 Å². The van der Waals surface area contributed by atoms with Crippen LogP contribution in [0.2, 0.25) is 0 Å². The highest BCUT2D eigenvalue weighted by atomic mass is 16.5. The summed E-state index contributed by atoms with van der Waals surface area (Å²) in [6.45, 7) is 0. The van der Waals surface area contributed by atoms with E-state index >= 15 is 0 Å². The van der Waals surface area contributed by atoms with Gasteiger partial charge in [-0.2, -0.15) is 0 Å². The molecule has 1 aromatic carbocycles. The van der Waals surface area contributed by atoms with E-state index < -0.39 is 5.91 Å². The lowest BCUT2D eigenvalue weighted by Gasteiger charge is -2.07. The molecule has 1 N–H and O–H groups in total. The Morgan fingerprint density at radius 1 is 1.35 bits per heavy atom. The second kappa shape index (κ2) is 5.91. The average Bonchev–Trinajstić information content (AvgIpc) is 2.35. The maximum atomic E-state index is 11.2. The number of hydroxylamine groups is 2. The standard InChI is InChI=1S/C12H15NO4/c1-13(15)12(14)7-4-9-8-10(16-2)5-6-11(9)17-3/h4-8,15H,1-3H3. The van der Waals surface area contributed by atoms with Gasteiger partial charge in [0.2, 0.25) is 0 Å². The van der Waals surface area contributed by atoms with E-state index in [0.717, 1.165) is 0 Å². The number of carbonyl (C=O) groups is 1. The number of hydrogen-bond acceptors (Lipinski definition) is 4. The molecule has 0 saturated carbocycles. The molecule has 1 rings (SSSR count). The first-order valence-corrected chi connectivity index (χ1v) is 4.95. The highest BCUT2D eigenvalue weighted by molar-refractivity contribution is 5.91. The highest BCUT2D eigenvalue weighted by Gasteiger charge is 2.04. The first-order valence-electron chi connectivity index (χ1n) is 4.95. The summed E-state index contributed by atoms with van der Waals surface area (Å²) < 4.78 is 10.2. The minimum Gasteiger partial charge on any atom is -0.497 e. The summed E-state index contributed by atoms with van der Waals surface area (Å²) >= 11 is 0. The molecule has 0 aliphatic heterocycles. The SMILES string of the molecule is COc1ccc(OC)c(C=CC(=O)N(C)O)c1. The lowest BCUT2D eigenvalue weighted by atomic mass is 10.1. The van der Waals surface area contributed by atoms with Crippen molar-refractivity contribution in [3.63, 3.8) is 0 Å². The van der Waals surface area contributed by atoms with Gasteiger partial charge >= 0.3 is 0 Å². The van der Waals surface area contributed by atoms with Crippen LogP contribution < -0.4 is 9.47 Å². The van der Waals surface area contributed by atoms with Crippen molar-refractivity contribution in [2.45, 2.75) is 0 Å². The Morgan fingerprint density at radius 3 is 2.59 bits per heavy atom. The van der Waals surface area contributed by atoms with E-state index in [9.17, 15) is 4.79 Å². The molecule has 5 heteroatoms. The van der Waals surface area contributed by atoms with Gasteiger partial charge < -0.3 is 9.47 Å². The van der Waals surface area contributed by atoms with E-state index in [1.165, 1.54) is 13.1 Å². The van der Waals surface area contributed by atoms with E-state index in [2.05, 4.69) is 0 Å². The Morgan fingerprint density at radius 2 is 2.06 bits per heavy atom. The maximum Gasteiger partial charge on any atom is 0.269 e. The third-order valence-electron chi connectivity index (χ3n) is 2.16. The molecule has 0 unspecified atom stereocenters. The molecular formula is C12H15NO4. The van der Waals surface area contributed by atoms with Crippen molar-refractivity contribution in [2.75, 3.05) is 21.3 Å². The third kappa shape index (κ3) is 3.49. The van der Waals surface area contributed by atoms with Crippen LogP contribution in [0.3, 0.4) is 0 Å². The number of methoxy groups -OCH3 is 2. The molecule has 17 heavy (non-hydrogen) atoms. The number of nitrogens with zero attached hydrogens (tertiary/aromatic N) is 1. The van der Waals surface area contributed by atoms with Gasteiger partial charge in [-0.3, -0.25) is 10.0 Å².